The molecule has 0 fully saturated rings. The van der Waals surface area contributed by atoms with Crippen LogP contribution in [0.25, 0.3) is 21.8 Å². The number of pyridine rings is 1. The molecule has 4 aromatic carbocycles. The van der Waals surface area contributed by atoms with Crippen molar-refractivity contribution in [1.29, 1.82) is 0 Å². The number of nitrogens with one attached hydrogen (secondary N) is 3. The maximum atomic E-state index is 13.0. The van der Waals surface area contributed by atoms with Crippen molar-refractivity contribution in [1.82, 2.24) is 4.98 Å². The highest BCUT2D eigenvalue weighted by atomic mass is 35.5. The number of hydrogen-bond donors (Lipinski definition) is 4. The summed E-state index contributed by atoms with van der Waals surface area (Å²) in [6, 6.07) is 22.8. The lowest BCUT2D eigenvalue weighted by Gasteiger charge is -2.23. The number of anilines is 5. The fraction of sp³-hybridized carbons (Fsp3) is 0.176. The molecule has 1 aromatic heterocycles. The summed E-state index contributed by atoms with van der Waals surface area (Å²) in [5, 5.41) is 10.5. The number of amides is 3. The Labute approximate surface area is 280 Å². The Morgan fingerprint density at radius 3 is 2.15 bits per heavy atom. The third kappa shape index (κ3) is 7.59. The van der Waals surface area contributed by atoms with Gasteiger partial charge in [0.2, 0.25) is 0 Å². The summed E-state index contributed by atoms with van der Waals surface area (Å²) in [5.41, 5.74) is 10.2. The van der Waals surface area contributed by atoms with Gasteiger partial charge in [-0.15, -0.1) is 23.2 Å². The van der Waals surface area contributed by atoms with Crippen molar-refractivity contribution in [3.05, 3.63) is 90.0 Å². The summed E-state index contributed by atoms with van der Waals surface area (Å²) in [5.74, 6) is 0.525. The number of esters is 1. The van der Waals surface area contributed by atoms with Gasteiger partial charge in [0.05, 0.1) is 35.1 Å². The Morgan fingerprint density at radius 1 is 0.851 bits per heavy atom. The maximum absolute atomic E-state index is 13.0. The summed E-state index contributed by atoms with van der Waals surface area (Å²) in [7, 11) is 1.54. The Bertz CT molecular complexity index is 1950. The number of nitrogens with zero attached hydrogens (tertiary/aromatic N) is 2. The van der Waals surface area contributed by atoms with E-state index in [0.717, 1.165) is 16.6 Å². The molecule has 0 spiro atoms. The molecule has 5 N–H and O–H groups in total. The first-order valence-corrected chi connectivity index (χ1v) is 15.6. The number of rotatable bonds is 11. The number of alkyl halides is 2. The van der Waals surface area contributed by atoms with E-state index >= 15 is 0 Å². The van der Waals surface area contributed by atoms with Gasteiger partial charge < -0.3 is 36.1 Å². The topological polar surface area (TPSA) is 148 Å². The predicted molar refractivity (Wildman–Crippen MR) is 188 cm³/mol. The van der Waals surface area contributed by atoms with Crippen LogP contribution in [0.1, 0.15) is 15.9 Å². The average molecular weight is 676 g/mol. The van der Waals surface area contributed by atoms with Crippen molar-refractivity contribution in [2.75, 3.05) is 52.8 Å². The smallest absolute Gasteiger partial charge is 0.412 e. The minimum atomic E-state index is -1.21. The zero-order valence-electron chi connectivity index (χ0n) is 25.6. The Hall–Kier alpha value is -5.26. The molecule has 0 radical (unpaired) electrons. The number of aromatic nitrogens is 1. The molecule has 0 atom stereocenters. The number of hydrogen-bond acceptors (Lipinski definition) is 8. The van der Waals surface area contributed by atoms with Crippen LogP contribution in [0.3, 0.4) is 0 Å². The van der Waals surface area contributed by atoms with Gasteiger partial charge in [0.1, 0.15) is 5.75 Å². The Kier molecular flexibility index (Phi) is 10.5. The molecular weight excluding hydrogens is 643 g/mol. The molecule has 0 aliphatic heterocycles. The van der Waals surface area contributed by atoms with E-state index in [9.17, 15) is 14.4 Å². The molecule has 5 aromatic rings. The minimum absolute atomic E-state index is 0.0763. The summed E-state index contributed by atoms with van der Waals surface area (Å²) >= 11 is 11.9. The highest BCUT2D eigenvalue weighted by Crippen LogP contribution is 2.39. The number of benzene rings is 4. The third-order valence-electron chi connectivity index (χ3n) is 7.37. The van der Waals surface area contributed by atoms with E-state index < -0.39 is 18.1 Å². The highest BCUT2D eigenvalue weighted by Gasteiger charge is 2.20. The maximum Gasteiger partial charge on any atom is 0.412 e. The predicted octanol–water partition coefficient (Wildman–Crippen LogP) is 7.61. The van der Waals surface area contributed by atoms with Gasteiger partial charge in [-0.2, -0.15) is 0 Å². The number of urea groups is 1. The van der Waals surface area contributed by atoms with Gasteiger partial charge in [0.25, 0.3) is 0 Å². The second-order valence-electron chi connectivity index (χ2n) is 10.4. The summed E-state index contributed by atoms with van der Waals surface area (Å²) in [6.45, 7) is 3.22. The normalized spacial score (nSPS) is 10.8. The molecule has 0 saturated heterocycles. The molecule has 0 aliphatic carbocycles. The Balaban J connectivity index is 1.45. The van der Waals surface area contributed by atoms with Crippen LogP contribution in [0.5, 0.6) is 5.75 Å². The lowest BCUT2D eigenvalue weighted by molar-refractivity contribution is 0.0640. The highest BCUT2D eigenvalue weighted by molar-refractivity contribution is 6.19. The molecule has 0 saturated carbocycles. The van der Waals surface area contributed by atoms with E-state index in [1.165, 1.54) is 13.2 Å². The van der Waals surface area contributed by atoms with Crippen LogP contribution in [-0.4, -0.2) is 55.0 Å². The molecule has 3 amide bonds. The number of fused-ring (bicyclic) bond motifs is 2. The molecule has 47 heavy (non-hydrogen) atoms. The molecule has 242 valence electrons. The van der Waals surface area contributed by atoms with E-state index in [1.54, 1.807) is 42.5 Å². The fourth-order valence-electron chi connectivity index (χ4n) is 5.22. The van der Waals surface area contributed by atoms with Crippen LogP contribution >= 0.6 is 23.2 Å². The van der Waals surface area contributed by atoms with E-state index in [0.29, 0.717) is 69.8 Å². The first-order chi connectivity index (χ1) is 22.7. The van der Waals surface area contributed by atoms with Crippen LogP contribution in [0.4, 0.5) is 38.0 Å². The van der Waals surface area contributed by atoms with E-state index in [-0.39, 0.29) is 5.56 Å². The second kappa shape index (κ2) is 14.9. The SMILES string of the molecule is COc1ccc(NC(=O)Nc2ccc(N(CCCl)CCCl)cc2)cc1Nc1c2cccc(C)c2nc2c(C(=O)OC(N)=O)cccc12. The largest absolute Gasteiger partial charge is 0.495 e. The van der Waals surface area contributed by atoms with Crippen molar-refractivity contribution < 1.29 is 23.9 Å². The molecule has 1 heterocycles. The van der Waals surface area contributed by atoms with Crippen molar-refractivity contribution in [2.24, 2.45) is 5.73 Å². The standard InChI is InChI=1S/C34H32Cl2N6O5/c1-20-5-3-6-24-29(20)41-31-25(7-4-8-26(31)32(43)47-33(37)44)30(24)40-27-19-22(11-14-28(27)46-2)39-34(45)38-21-9-12-23(13-10-21)42(17-15-35)18-16-36/h3-14,19H,15-18H2,1-2H3,(H2,37,44)(H,40,41)(H2,38,39,45). The minimum Gasteiger partial charge on any atom is -0.495 e. The fourth-order valence-corrected chi connectivity index (χ4v) is 5.63. The van der Waals surface area contributed by atoms with Gasteiger partial charge in [0, 0.05) is 52.7 Å². The summed E-state index contributed by atoms with van der Waals surface area (Å²) < 4.78 is 10.3. The monoisotopic (exact) mass is 674 g/mol. The quantitative estimate of drug-likeness (QED) is 0.0484. The van der Waals surface area contributed by atoms with Gasteiger partial charge in [-0.05, 0) is 61.0 Å². The molecule has 0 aliphatic rings. The third-order valence-corrected chi connectivity index (χ3v) is 7.70. The zero-order chi connectivity index (χ0) is 33.5. The first-order valence-electron chi connectivity index (χ1n) is 14.6. The van der Waals surface area contributed by atoms with E-state index in [1.807, 2.05) is 37.3 Å². The van der Waals surface area contributed by atoms with Crippen molar-refractivity contribution in [2.45, 2.75) is 6.92 Å². The second-order valence-corrected chi connectivity index (χ2v) is 11.2. The number of methoxy groups -OCH3 is 1. The zero-order valence-corrected chi connectivity index (χ0v) is 27.1. The van der Waals surface area contributed by atoms with E-state index in [4.69, 9.17) is 38.7 Å². The van der Waals surface area contributed by atoms with Crippen LogP contribution < -0.4 is 31.3 Å². The van der Waals surface area contributed by atoms with Crippen LogP contribution in [0.15, 0.2) is 78.9 Å². The van der Waals surface area contributed by atoms with E-state index in [2.05, 4.69) is 25.6 Å². The number of para-hydroxylation sites is 2. The van der Waals surface area contributed by atoms with Gasteiger partial charge in [0.15, 0.2) is 0 Å². The van der Waals surface area contributed by atoms with Gasteiger partial charge in [-0.25, -0.2) is 19.4 Å². The van der Waals surface area contributed by atoms with Gasteiger partial charge >= 0.3 is 18.1 Å². The summed E-state index contributed by atoms with van der Waals surface area (Å²) in [4.78, 5) is 44.0. The molecule has 0 unspecified atom stereocenters. The number of halogens is 2. The number of carbonyl (C=O) groups is 3. The van der Waals surface area contributed by atoms with Crippen LogP contribution in [0, 0.1) is 6.92 Å². The molecule has 13 heteroatoms. The lowest BCUT2D eigenvalue weighted by Crippen LogP contribution is -2.27. The first kappa shape index (κ1) is 33.1. The Morgan fingerprint density at radius 2 is 1.49 bits per heavy atom. The number of aryl methyl sites for hydroxylation is 1. The molecule has 11 nitrogen and oxygen atoms in total. The number of primary amides is 1. The van der Waals surface area contributed by atoms with Crippen molar-refractivity contribution in [3.63, 3.8) is 0 Å². The van der Waals surface area contributed by atoms with Gasteiger partial charge in [-0.1, -0.05) is 30.3 Å². The van der Waals surface area contributed by atoms with Crippen LogP contribution in [0.2, 0.25) is 0 Å². The molecule has 0 bridgehead atoms. The average Bonchev–Trinajstić information content (AvgIpc) is 3.05. The molecule has 5 rings (SSSR count). The lowest BCUT2D eigenvalue weighted by atomic mass is 10.0. The van der Waals surface area contributed by atoms with Crippen molar-refractivity contribution >= 4 is 91.5 Å². The number of ether oxygens (including phenoxy) is 2. The number of nitrogens with two attached hydrogens (primary N) is 1. The summed E-state index contributed by atoms with van der Waals surface area (Å²) in [6.07, 6.45) is -1.21. The van der Waals surface area contributed by atoms with Crippen LogP contribution in [-0.2, 0) is 4.74 Å². The van der Waals surface area contributed by atoms with Gasteiger partial charge in [-0.3, -0.25) is 0 Å². The number of carbonyl (C=O) groups excluding carboxylic acids is 3. The molecular formula is C34H32Cl2N6O5. The van der Waals surface area contributed by atoms with Crippen molar-refractivity contribution in [3.8, 4) is 5.75 Å².